The van der Waals surface area contributed by atoms with E-state index in [9.17, 15) is 19.5 Å². The number of hydrogen-bond donors (Lipinski definition) is 3. The van der Waals surface area contributed by atoms with Gasteiger partial charge in [0, 0.05) is 29.7 Å². The maximum Gasteiger partial charge on any atom is 0.326 e. The van der Waals surface area contributed by atoms with Gasteiger partial charge in [-0.3, -0.25) is 9.59 Å². The fourth-order valence-corrected chi connectivity index (χ4v) is 4.25. The minimum absolute atomic E-state index is 0.0259. The molecule has 0 heterocycles. The van der Waals surface area contributed by atoms with Gasteiger partial charge in [-0.25, -0.2) is 4.79 Å². The van der Waals surface area contributed by atoms with Crippen LogP contribution in [0, 0.1) is 0 Å². The molecule has 0 aliphatic heterocycles. The summed E-state index contributed by atoms with van der Waals surface area (Å²) in [7, 11) is 0. The zero-order chi connectivity index (χ0) is 28.2. The average molecular weight is 537 g/mol. The van der Waals surface area contributed by atoms with Gasteiger partial charge in [-0.1, -0.05) is 84.9 Å². The second-order valence-electron chi connectivity index (χ2n) is 9.31. The van der Waals surface area contributed by atoms with E-state index in [1.54, 1.807) is 60.7 Å². The topological polar surface area (TPSA) is 105 Å². The highest BCUT2D eigenvalue weighted by atomic mass is 16.5. The molecule has 204 valence electrons. The van der Waals surface area contributed by atoms with Crippen molar-refractivity contribution in [1.29, 1.82) is 0 Å². The number of ketones is 1. The predicted molar refractivity (Wildman–Crippen MR) is 155 cm³/mol. The number of aryl methyl sites for hydroxylation is 1. The number of carbonyl (C=O) groups excluding carboxylic acids is 2. The second kappa shape index (κ2) is 14.3. The molecule has 0 fully saturated rings. The lowest BCUT2D eigenvalue weighted by Gasteiger charge is -2.18. The van der Waals surface area contributed by atoms with Crippen LogP contribution in [0.1, 0.15) is 33.5 Å². The van der Waals surface area contributed by atoms with E-state index in [0.717, 1.165) is 11.1 Å². The minimum Gasteiger partial charge on any atom is -0.492 e. The fourth-order valence-electron chi connectivity index (χ4n) is 4.25. The molecule has 1 atom stereocenters. The van der Waals surface area contributed by atoms with Crippen molar-refractivity contribution in [2.24, 2.45) is 0 Å². The molecule has 7 nitrogen and oxygen atoms in total. The number of ether oxygens (including phenoxy) is 1. The molecule has 4 aromatic rings. The first kappa shape index (κ1) is 28.1. The highest BCUT2D eigenvalue weighted by Crippen LogP contribution is 2.22. The number of anilines is 1. The predicted octanol–water partition coefficient (Wildman–Crippen LogP) is 5.15. The zero-order valence-corrected chi connectivity index (χ0v) is 22.1. The standard InChI is InChI=1S/C33H32N2O5/c36-31(20-17-24-9-3-1-4-10-24)34-21-22-40-27-18-15-25(16-19-27)23-30(33(38)39)35-29-14-8-7-13-28(29)32(37)26-11-5-2-6-12-26/h1-16,18-19,30,35H,17,20-23H2,(H,34,36)(H,38,39)/t30-/m0/s1. The molecule has 7 heteroatoms. The van der Waals surface area contributed by atoms with Crippen molar-refractivity contribution in [2.75, 3.05) is 18.5 Å². The lowest BCUT2D eigenvalue weighted by Crippen LogP contribution is -2.32. The van der Waals surface area contributed by atoms with Crippen LogP contribution in [0.4, 0.5) is 5.69 Å². The molecule has 4 aromatic carbocycles. The lowest BCUT2D eigenvalue weighted by molar-refractivity contribution is -0.137. The van der Waals surface area contributed by atoms with Crippen molar-refractivity contribution >= 4 is 23.3 Å². The van der Waals surface area contributed by atoms with E-state index in [1.807, 2.05) is 48.5 Å². The number of carbonyl (C=O) groups is 3. The number of aliphatic carboxylic acids is 1. The van der Waals surface area contributed by atoms with Gasteiger partial charge in [-0.15, -0.1) is 0 Å². The number of nitrogens with one attached hydrogen (secondary N) is 2. The number of carboxylic acids is 1. The van der Waals surface area contributed by atoms with Gasteiger partial charge >= 0.3 is 5.97 Å². The smallest absolute Gasteiger partial charge is 0.326 e. The second-order valence-corrected chi connectivity index (χ2v) is 9.31. The molecule has 0 unspecified atom stereocenters. The Kier molecular flexibility index (Phi) is 10.0. The molecule has 0 saturated heterocycles. The summed E-state index contributed by atoms with van der Waals surface area (Å²) in [6, 6.07) is 31.9. The maximum absolute atomic E-state index is 13.0. The largest absolute Gasteiger partial charge is 0.492 e. The highest BCUT2D eigenvalue weighted by molar-refractivity contribution is 6.12. The monoisotopic (exact) mass is 536 g/mol. The Bertz CT molecular complexity index is 1410. The third kappa shape index (κ3) is 8.30. The zero-order valence-electron chi connectivity index (χ0n) is 22.1. The van der Waals surface area contributed by atoms with Crippen LogP contribution in [0.2, 0.25) is 0 Å². The SMILES string of the molecule is O=C(CCc1ccccc1)NCCOc1ccc(C[C@H](Nc2ccccc2C(=O)c2ccccc2)C(=O)O)cc1. The summed E-state index contributed by atoms with van der Waals surface area (Å²) < 4.78 is 5.72. The Labute approximate surface area is 233 Å². The van der Waals surface area contributed by atoms with Crippen LogP contribution in [-0.4, -0.2) is 42.0 Å². The molecule has 0 bridgehead atoms. The van der Waals surface area contributed by atoms with Crippen LogP contribution in [0.3, 0.4) is 0 Å². The van der Waals surface area contributed by atoms with E-state index in [-0.39, 0.29) is 18.1 Å². The van der Waals surface area contributed by atoms with Gasteiger partial charge in [0.15, 0.2) is 5.78 Å². The summed E-state index contributed by atoms with van der Waals surface area (Å²) in [4.78, 5) is 37.2. The first-order valence-electron chi connectivity index (χ1n) is 13.2. The Morgan fingerprint density at radius 1 is 0.750 bits per heavy atom. The maximum atomic E-state index is 13.0. The van der Waals surface area contributed by atoms with Gasteiger partial charge in [-0.2, -0.15) is 0 Å². The molecule has 0 aromatic heterocycles. The Hall–Kier alpha value is -4.91. The van der Waals surface area contributed by atoms with Crippen molar-refractivity contribution < 1.29 is 24.2 Å². The van der Waals surface area contributed by atoms with Crippen LogP contribution in [0.15, 0.2) is 109 Å². The number of amides is 1. The van der Waals surface area contributed by atoms with E-state index in [2.05, 4.69) is 10.6 Å². The lowest BCUT2D eigenvalue weighted by atomic mass is 10.00. The summed E-state index contributed by atoms with van der Waals surface area (Å²) in [5.41, 5.74) is 3.34. The summed E-state index contributed by atoms with van der Waals surface area (Å²) in [6.07, 6.45) is 1.32. The van der Waals surface area contributed by atoms with Gasteiger partial charge in [0.2, 0.25) is 5.91 Å². The Balaban J connectivity index is 1.27. The van der Waals surface area contributed by atoms with E-state index >= 15 is 0 Å². The van der Waals surface area contributed by atoms with Gasteiger partial charge in [-0.05, 0) is 41.8 Å². The van der Waals surface area contributed by atoms with Gasteiger partial charge < -0.3 is 20.5 Å². The molecule has 0 spiro atoms. The van der Waals surface area contributed by atoms with Crippen molar-refractivity contribution in [2.45, 2.75) is 25.3 Å². The van der Waals surface area contributed by atoms with E-state index in [4.69, 9.17) is 4.74 Å². The summed E-state index contributed by atoms with van der Waals surface area (Å²) in [5.74, 6) is -0.602. The van der Waals surface area contributed by atoms with E-state index in [1.165, 1.54) is 0 Å². The first-order chi connectivity index (χ1) is 19.5. The molecule has 3 N–H and O–H groups in total. The van der Waals surface area contributed by atoms with Crippen LogP contribution in [0.5, 0.6) is 5.75 Å². The number of benzene rings is 4. The van der Waals surface area contributed by atoms with Crippen LogP contribution < -0.4 is 15.4 Å². The normalized spacial score (nSPS) is 11.3. The van der Waals surface area contributed by atoms with Crippen LogP contribution >= 0.6 is 0 Å². The number of para-hydroxylation sites is 1. The van der Waals surface area contributed by atoms with Crippen molar-refractivity contribution in [3.05, 3.63) is 131 Å². The molecule has 0 aliphatic rings. The van der Waals surface area contributed by atoms with Gasteiger partial charge in [0.1, 0.15) is 18.4 Å². The molecule has 4 rings (SSSR count). The van der Waals surface area contributed by atoms with Gasteiger partial charge in [0.05, 0.1) is 6.54 Å². The highest BCUT2D eigenvalue weighted by Gasteiger charge is 2.21. The van der Waals surface area contributed by atoms with E-state index < -0.39 is 12.0 Å². The Morgan fingerprint density at radius 2 is 1.40 bits per heavy atom. The quantitative estimate of drug-likeness (QED) is 0.152. The van der Waals surface area contributed by atoms with Gasteiger partial charge in [0.25, 0.3) is 0 Å². The fraction of sp³-hybridized carbons (Fsp3) is 0.182. The van der Waals surface area contributed by atoms with Crippen molar-refractivity contribution in [1.82, 2.24) is 5.32 Å². The molecule has 40 heavy (non-hydrogen) atoms. The Morgan fingerprint density at radius 3 is 2.10 bits per heavy atom. The minimum atomic E-state index is -1.02. The van der Waals surface area contributed by atoms with E-state index in [0.29, 0.717) is 48.6 Å². The molecule has 0 radical (unpaired) electrons. The number of carboxylic acid groups (broad SMARTS) is 1. The molecule has 1 amide bonds. The third-order valence-corrected chi connectivity index (χ3v) is 6.38. The molecule has 0 saturated carbocycles. The van der Waals surface area contributed by atoms with Crippen LogP contribution in [-0.2, 0) is 22.4 Å². The molecular weight excluding hydrogens is 504 g/mol. The average Bonchev–Trinajstić information content (AvgIpc) is 2.99. The summed E-state index contributed by atoms with van der Waals surface area (Å²) in [5, 5.41) is 15.8. The third-order valence-electron chi connectivity index (χ3n) is 6.38. The summed E-state index contributed by atoms with van der Waals surface area (Å²) in [6.45, 7) is 0.712. The summed E-state index contributed by atoms with van der Waals surface area (Å²) >= 11 is 0. The van der Waals surface area contributed by atoms with Crippen molar-refractivity contribution in [3.8, 4) is 5.75 Å². The van der Waals surface area contributed by atoms with Crippen LogP contribution in [0.25, 0.3) is 0 Å². The number of rotatable bonds is 14. The first-order valence-corrected chi connectivity index (χ1v) is 13.2. The molecular formula is C33H32N2O5. The van der Waals surface area contributed by atoms with Crippen molar-refractivity contribution in [3.63, 3.8) is 0 Å². The number of hydrogen-bond acceptors (Lipinski definition) is 5. The molecule has 0 aliphatic carbocycles.